The first-order valence-electron chi connectivity index (χ1n) is 7.91. The van der Waals surface area contributed by atoms with Gasteiger partial charge in [0.2, 0.25) is 5.91 Å². The predicted molar refractivity (Wildman–Crippen MR) is 85.0 cm³/mol. The number of rotatable bonds is 4. The summed E-state index contributed by atoms with van der Waals surface area (Å²) in [5.74, 6) is 0.0219. The summed E-state index contributed by atoms with van der Waals surface area (Å²) in [6.07, 6.45) is 1.24. The zero-order valence-electron chi connectivity index (χ0n) is 13.1. The summed E-state index contributed by atoms with van der Waals surface area (Å²) in [5.41, 5.74) is 0.357. The number of aryl methyl sites for hydroxylation is 1. The van der Waals surface area contributed by atoms with E-state index in [1.54, 1.807) is 23.1 Å². The average Bonchev–Trinajstić information content (AvgIpc) is 2.61. The van der Waals surface area contributed by atoms with Crippen LogP contribution in [0.2, 0.25) is 0 Å². The van der Waals surface area contributed by atoms with Crippen LogP contribution in [-0.2, 0) is 16.1 Å². The first-order chi connectivity index (χ1) is 11.2. The van der Waals surface area contributed by atoms with Crippen molar-refractivity contribution in [2.24, 2.45) is 0 Å². The number of aromatic nitrogens is 3. The van der Waals surface area contributed by atoms with E-state index in [-0.39, 0.29) is 30.5 Å². The molecular weight excluding hydrogens is 296 g/mol. The Morgan fingerprint density at radius 2 is 2.22 bits per heavy atom. The molecule has 1 aliphatic heterocycles. The van der Waals surface area contributed by atoms with Crippen LogP contribution in [0.1, 0.15) is 19.8 Å². The molecule has 0 aliphatic carbocycles. The number of hydrogen-bond donors (Lipinski definition) is 0. The van der Waals surface area contributed by atoms with E-state index in [2.05, 4.69) is 10.3 Å². The molecule has 1 fully saturated rings. The molecule has 1 saturated heterocycles. The Morgan fingerprint density at radius 1 is 1.39 bits per heavy atom. The van der Waals surface area contributed by atoms with E-state index in [0.717, 1.165) is 6.42 Å². The Balaban J connectivity index is 1.67. The molecule has 0 bridgehead atoms. The molecule has 1 aliphatic rings. The molecule has 7 heteroatoms. The number of nitrogens with zero attached hydrogens (tertiary/aromatic N) is 4. The zero-order valence-corrected chi connectivity index (χ0v) is 13.1. The van der Waals surface area contributed by atoms with E-state index in [4.69, 9.17) is 4.74 Å². The van der Waals surface area contributed by atoms with Crippen molar-refractivity contribution in [3.8, 4) is 0 Å². The third kappa shape index (κ3) is 3.39. The highest BCUT2D eigenvalue weighted by Crippen LogP contribution is 2.10. The van der Waals surface area contributed by atoms with Crippen LogP contribution in [0.3, 0.4) is 0 Å². The lowest BCUT2D eigenvalue weighted by atomic mass is 10.2. The van der Waals surface area contributed by atoms with Gasteiger partial charge in [-0.05, 0) is 18.6 Å². The lowest BCUT2D eigenvalue weighted by Crippen LogP contribution is -2.45. The number of hydrogen-bond acceptors (Lipinski definition) is 5. The second-order valence-electron chi connectivity index (χ2n) is 5.63. The van der Waals surface area contributed by atoms with Gasteiger partial charge in [-0.2, -0.15) is 0 Å². The second kappa shape index (κ2) is 6.87. The Hall–Kier alpha value is -2.28. The molecule has 7 nitrogen and oxygen atoms in total. The molecule has 23 heavy (non-hydrogen) atoms. The molecule has 2 heterocycles. The quantitative estimate of drug-likeness (QED) is 0.834. The van der Waals surface area contributed by atoms with Crippen molar-refractivity contribution in [2.45, 2.75) is 32.4 Å². The zero-order chi connectivity index (χ0) is 16.2. The van der Waals surface area contributed by atoms with Gasteiger partial charge in [0.05, 0.1) is 24.6 Å². The fraction of sp³-hybridized carbons (Fsp3) is 0.500. The third-order valence-corrected chi connectivity index (χ3v) is 4.11. The fourth-order valence-corrected chi connectivity index (χ4v) is 2.72. The van der Waals surface area contributed by atoms with E-state index in [1.807, 2.05) is 13.0 Å². The number of ether oxygens (including phenoxy) is 1. The van der Waals surface area contributed by atoms with Gasteiger partial charge in [0.25, 0.3) is 5.56 Å². The number of fused-ring (bicyclic) bond motifs is 1. The van der Waals surface area contributed by atoms with E-state index in [1.165, 1.54) is 4.68 Å². The van der Waals surface area contributed by atoms with E-state index in [9.17, 15) is 9.59 Å². The van der Waals surface area contributed by atoms with Crippen molar-refractivity contribution in [2.75, 3.05) is 19.7 Å². The average molecular weight is 316 g/mol. The van der Waals surface area contributed by atoms with Crippen LogP contribution >= 0.6 is 0 Å². The van der Waals surface area contributed by atoms with Crippen LogP contribution in [0.25, 0.3) is 10.9 Å². The van der Waals surface area contributed by atoms with Crippen LogP contribution in [0.5, 0.6) is 0 Å². The lowest BCUT2D eigenvalue weighted by molar-refractivity contribution is -0.139. The maximum absolute atomic E-state index is 12.3. The van der Waals surface area contributed by atoms with Crippen LogP contribution in [0.4, 0.5) is 0 Å². The SMILES string of the molecule is CC[C@@H]1CN(C(=O)CCn2nnc3ccccc3c2=O)CCO1. The molecule has 1 aromatic carbocycles. The summed E-state index contributed by atoms with van der Waals surface area (Å²) in [6, 6.07) is 7.07. The van der Waals surface area contributed by atoms with Gasteiger partial charge in [0, 0.05) is 19.5 Å². The summed E-state index contributed by atoms with van der Waals surface area (Å²) in [5, 5.41) is 8.46. The molecule has 122 valence electrons. The number of benzene rings is 1. The van der Waals surface area contributed by atoms with Crippen molar-refractivity contribution in [3.05, 3.63) is 34.6 Å². The summed E-state index contributed by atoms with van der Waals surface area (Å²) >= 11 is 0. The first kappa shape index (κ1) is 15.6. The topological polar surface area (TPSA) is 77.3 Å². The minimum absolute atomic E-state index is 0.0219. The Labute approximate surface area is 133 Å². The Morgan fingerprint density at radius 3 is 3.04 bits per heavy atom. The van der Waals surface area contributed by atoms with Gasteiger partial charge in [0.15, 0.2) is 0 Å². The standard InChI is InChI=1S/C16H20N4O3/c1-2-12-11-19(9-10-23-12)15(21)7-8-20-16(22)13-5-3-4-6-14(13)17-18-20/h3-6,12H,2,7-11H2,1H3/t12-/m1/s1. The lowest BCUT2D eigenvalue weighted by Gasteiger charge is -2.32. The fourth-order valence-electron chi connectivity index (χ4n) is 2.72. The number of morpholine rings is 1. The number of amides is 1. The van der Waals surface area contributed by atoms with Crippen molar-refractivity contribution >= 4 is 16.8 Å². The van der Waals surface area contributed by atoms with Gasteiger partial charge in [-0.25, -0.2) is 4.68 Å². The normalized spacial score (nSPS) is 18.3. The van der Waals surface area contributed by atoms with E-state index < -0.39 is 0 Å². The number of carbonyl (C=O) groups is 1. The van der Waals surface area contributed by atoms with E-state index in [0.29, 0.717) is 30.6 Å². The summed E-state index contributed by atoms with van der Waals surface area (Å²) in [4.78, 5) is 26.4. The van der Waals surface area contributed by atoms with Crippen molar-refractivity contribution in [1.82, 2.24) is 19.9 Å². The van der Waals surface area contributed by atoms with Gasteiger partial charge in [0.1, 0.15) is 5.52 Å². The number of carbonyl (C=O) groups excluding carboxylic acids is 1. The van der Waals surface area contributed by atoms with Gasteiger partial charge < -0.3 is 9.64 Å². The second-order valence-corrected chi connectivity index (χ2v) is 5.63. The summed E-state index contributed by atoms with van der Waals surface area (Å²) < 4.78 is 6.83. The summed E-state index contributed by atoms with van der Waals surface area (Å²) in [6.45, 7) is 4.08. The smallest absolute Gasteiger partial charge is 0.277 e. The highest BCUT2D eigenvalue weighted by molar-refractivity contribution is 5.77. The molecule has 1 amide bonds. The van der Waals surface area contributed by atoms with Gasteiger partial charge in [-0.15, -0.1) is 5.10 Å². The van der Waals surface area contributed by atoms with Crippen molar-refractivity contribution in [1.29, 1.82) is 0 Å². The minimum Gasteiger partial charge on any atom is -0.375 e. The molecule has 0 spiro atoms. The third-order valence-electron chi connectivity index (χ3n) is 4.11. The van der Waals surface area contributed by atoms with Crippen molar-refractivity contribution in [3.63, 3.8) is 0 Å². The highest BCUT2D eigenvalue weighted by Gasteiger charge is 2.22. The van der Waals surface area contributed by atoms with Gasteiger partial charge in [-0.1, -0.05) is 24.3 Å². The molecule has 1 atom stereocenters. The van der Waals surface area contributed by atoms with Crippen LogP contribution < -0.4 is 5.56 Å². The maximum Gasteiger partial charge on any atom is 0.277 e. The van der Waals surface area contributed by atoms with Gasteiger partial charge >= 0.3 is 0 Å². The van der Waals surface area contributed by atoms with Crippen LogP contribution in [-0.4, -0.2) is 51.6 Å². The highest BCUT2D eigenvalue weighted by atomic mass is 16.5. The minimum atomic E-state index is -0.211. The van der Waals surface area contributed by atoms with Crippen molar-refractivity contribution < 1.29 is 9.53 Å². The molecule has 0 N–H and O–H groups in total. The molecule has 2 aromatic rings. The first-order valence-corrected chi connectivity index (χ1v) is 7.91. The largest absolute Gasteiger partial charge is 0.375 e. The molecule has 0 unspecified atom stereocenters. The predicted octanol–water partition coefficient (Wildman–Crippen LogP) is 0.819. The Kier molecular flexibility index (Phi) is 4.66. The molecular formula is C16H20N4O3. The molecule has 0 saturated carbocycles. The maximum atomic E-state index is 12.3. The monoisotopic (exact) mass is 316 g/mol. The van der Waals surface area contributed by atoms with Crippen LogP contribution in [0, 0.1) is 0 Å². The van der Waals surface area contributed by atoms with E-state index >= 15 is 0 Å². The molecule has 1 aromatic heterocycles. The summed E-state index contributed by atoms with van der Waals surface area (Å²) in [7, 11) is 0. The Bertz CT molecular complexity index is 758. The van der Waals surface area contributed by atoms with Crippen LogP contribution in [0.15, 0.2) is 29.1 Å². The van der Waals surface area contributed by atoms with Gasteiger partial charge in [-0.3, -0.25) is 9.59 Å². The molecule has 3 rings (SSSR count). The molecule has 0 radical (unpaired) electrons.